The van der Waals surface area contributed by atoms with Gasteiger partial charge in [-0.15, -0.1) is 0 Å². The van der Waals surface area contributed by atoms with Crippen LogP contribution in [0.4, 0.5) is 4.39 Å². The molecule has 1 aliphatic rings. The summed E-state index contributed by atoms with van der Waals surface area (Å²) in [7, 11) is 0. The van der Waals surface area contributed by atoms with Gasteiger partial charge in [0.1, 0.15) is 5.82 Å². The van der Waals surface area contributed by atoms with Crippen molar-refractivity contribution < 1.29 is 4.39 Å². The van der Waals surface area contributed by atoms with E-state index in [1.807, 2.05) is 6.07 Å². The van der Waals surface area contributed by atoms with E-state index in [2.05, 4.69) is 40.0 Å². The van der Waals surface area contributed by atoms with Gasteiger partial charge in [0, 0.05) is 36.7 Å². The minimum atomic E-state index is -0.187. The fourth-order valence-corrected chi connectivity index (χ4v) is 3.02. The topological polar surface area (TPSA) is 15.3 Å². The molecule has 4 heteroatoms. The molecule has 1 aliphatic heterocycles. The van der Waals surface area contributed by atoms with E-state index in [9.17, 15) is 4.39 Å². The van der Waals surface area contributed by atoms with E-state index in [1.165, 1.54) is 12.5 Å². The summed E-state index contributed by atoms with van der Waals surface area (Å²) < 4.78 is 14.0. The van der Waals surface area contributed by atoms with E-state index in [0.717, 1.165) is 36.2 Å². The molecule has 1 fully saturated rings. The molecule has 1 N–H and O–H groups in total. The van der Waals surface area contributed by atoms with Crippen LogP contribution in [-0.2, 0) is 6.54 Å². The Labute approximate surface area is 123 Å². The van der Waals surface area contributed by atoms with E-state index in [1.54, 1.807) is 6.07 Å². The highest BCUT2D eigenvalue weighted by Crippen LogP contribution is 2.21. The molecule has 2 unspecified atom stereocenters. The number of hydrogen-bond donors (Lipinski definition) is 1. The van der Waals surface area contributed by atoms with Crippen molar-refractivity contribution in [3.8, 4) is 0 Å². The minimum absolute atomic E-state index is 0.187. The molecular weight excluding hydrogens is 307 g/mol. The number of nitrogens with one attached hydrogen (secondary N) is 1. The first-order valence-electron chi connectivity index (χ1n) is 6.99. The van der Waals surface area contributed by atoms with E-state index in [-0.39, 0.29) is 5.82 Å². The second-order valence-electron chi connectivity index (χ2n) is 5.42. The van der Waals surface area contributed by atoms with Crippen LogP contribution in [0.15, 0.2) is 22.7 Å². The first-order chi connectivity index (χ1) is 9.10. The van der Waals surface area contributed by atoms with Gasteiger partial charge in [-0.25, -0.2) is 4.39 Å². The van der Waals surface area contributed by atoms with Gasteiger partial charge in [-0.1, -0.05) is 42.3 Å². The number of nitrogens with zero attached hydrogens (tertiary/aromatic N) is 1. The summed E-state index contributed by atoms with van der Waals surface area (Å²) in [6.45, 7) is 8.58. The molecule has 0 bridgehead atoms. The lowest BCUT2D eigenvalue weighted by atomic mass is 9.97. The van der Waals surface area contributed by atoms with Gasteiger partial charge < -0.3 is 5.32 Å². The predicted molar refractivity (Wildman–Crippen MR) is 80.6 cm³/mol. The molecule has 1 aromatic carbocycles. The predicted octanol–water partition coefficient (Wildman–Crippen LogP) is 3.41. The molecule has 0 spiro atoms. The van der Waals surface area contributed by atoms with Gasteiger partial charge in [0.05, 0.1) is 0 Å². The summed E-state index contributed by atoms with van der Waals surface area (Å²) in [6.07, 6.45) is 1.20. The van der Waals surface area contributed by atoms with Crippen molar-refractivity contribution in [3.05, 3.63) is 34.1 Å². The lowest BCUT2D eigenvalue weighted by Gasteiger charge is -2.36. The molecule has 0 saturated carbocycles. The third kappa shape index (κ3) is 4.01. The Morgan fingerprint density at radius 1 is 1.53 bits per heavy atom. The lowest BCUT2D eigenvalue weighted by molar-refractivity contribution is 0.162. The summed E-state index contributed by atoms with van der Waals surface area (Å²) in [5, 5.41) is 3.60. The zero-order valence-corrected chi connectivity index (χ0v) is 13.2. The van der Waals surface area contributed by atoms with Crippen molar-refractivity contribution in [3.63, 3.8) is 0 Å². The molecule has 0 aliphatic carbocycles. The zero-order chi connectivity index (χ0) is 13.8. The Hall–Kier alpha value is -0.450. The smallest absolute Gasteiger partial charge is 0.124 e. The van der Waals surface area contributed by atoms with E-state index < -0.39 is 0 Å². The standard InChI is InChI=1S/C15H22BrFN2/c1-3-11(2)15-10-19(7-6-18-15)9-12-4-5-13(17)8-14(12)16/h4-5,8,11,15,18H,3,6-7,9-10H2,1-2H3. The molecule has 1 aromatic rings. The Morgan fingerprint density at radius 3 is 3.00 bits per heavy atom. The minimum Gasteiger partial charge on any atom is -0.311 e. The molecule has 1 heterocycles. The van der Waals surface area contributed by atoms with Crippen LogP contribution in [0, 0.1) is 11.7 Å². The van der Waals surface area contributed by atoms with Crippen molar-refractivity contribution >= 4 is 15.9 Å². The maximum absolute atomic E-state index is 13.1. The van der Waals surface area contributed by atoms with Crippen LogP contribution >= 0.6 is 15.9 Å². The van der Waals surface area contributed by atoms with E-state index in [4.69, 9.17) is 0 Å². The summed E-state index contributed by atoms with van der Waals surface area (Å²) >= 11 is 3.45. The molecule has 19 heavy (non-hydrogen) atoms. The van der Waals surface area contributed by atoms with Crippen LogP contribution < -0.4 is 5.32 Å². The monoisotopic (exact) mass is 328 g/mol. The fraction of sp³-hybridized carbons (Fsp3) is 0.600. The van der Waals surface area contributed by atoms with Crippen molar-refractivity contribution in [1.29, 1.82) is 0 Å². The number of hydrogen-bond acceptors (Lipinski definition) is 2. The van der Waals surface area contributed by atoms with Gasteiger partial charge in [-0.3, -0.25) is 4.90 Å². The molecule has 1 saturated heterocycles. The Balaban J connectivity index is 1.98. The van der Waals surface area contributed by atoms with Crippen LogP contribution in [-0.4, -0.2) is 30.6 Å². The average molecular weight is 329 g/mol. The normalized spacial score (nSPS) is 22.4. The molecule has 0 radical (unpaired) electrons. The lowest BCUT2D eigenvalue weighted by Crippen LogP contribution is -2.52. The Kier molecular flexibility index (Phi) is 5.37. The second kappa shape index (κ2) is 6.82. The van der Waals surface area contributed by atoms with Crippen LogP contribution in [0.5, 0.6) is 0 Å². The molecule has 0 amide bonds. The summed E-state index contributed by atoms with van der Waals surface area (Å²) in [5.41, 5.74) is 1.16. The molecular formula is C15H22BrFN2. The number of rotatable bonds is 4. The summed E-state index contributed by atoms with van der Waals surface area (Å²) in [5.74, 6) is 0.507. The van der Waals surface area contributed by atoms with E-state index >= 15 is 0 Å². The zero-order valence-electron chi connectivity index (χ0n) is 11.6. The molecule has 0 aromatic heterocycles. The molecule has 106 valence electrons. The number of halogens is 2. The van der Waals surface area contributed by atoms with Crippen molar-refractivity contribution in [2.24, 2.45) is 5.92 Å². The van der Waals surface area contributed by atoms with Crippen LogP contribution in [0.2, 0.25) is 0 Å². The Morgan fingerprint density at radius 2 is 2.32 bits per heavy atom. The first-order valence-corrected chi connectivity index (χ1v) is 7.79. The van der Waals surface area contributed by atoms with Crippen molar-refractivity contribution in [1.82, 2.24) is 10.2 Å². The van der Waals surface area contributed by atoms with Gasteiger partial charge in [0.2, 0.25) is 0 Å². The highest BCUT2D eigenvalue weighted by atomic mass is 79.9. The molecule has 2 rings (SSSR count). The largest absolute Gasteiger partial charge is 0.311 e. The van der Waals surface area contributed by atoms with Crippen molar-refractivity contribution in [2.45, 2.75) is 32.9 Å². The molecule has 2 nitrogen and oxygen atoms in total. The van der Waals surface area contributed by atoms with Gasteiger partial charge in [0.15, 0.2) is 0 Å². The molecule has 2 atom stereocenters. The Bertz CT molecular complexity index is 425. The van der Waals surface area contributed by atoms with Crippen LogP contribution in [0.3, 0.4) is 0 Å². The highest BCUT2D eigenvalue weighted by molar-refractivity contribution is 9.10. The van der Waals surface area contributed by atoms with E-state index in [0.29, 0.717) is 12.0 Å². The van der Waals surface area contributed by atoms with Crippen LogP contribution in [0.1, 0.15) is 25.8 Å². The fourth-order valence-electron chi connectivity index (χ4n) is 2.54. The van der Waals surface area contributed by atoms with Gasteiger partial charge >= 0.3 is 0 Å². The third-order valence-electron chi connectivity index (χ3n) is 4.03. The number of piperazine rings is 1. The quantitative estimate of drug-likeness (QED) is 0.911. The maximum Gasteiger partial charge on any atom is 0.124 e. The maximum atomic E-state index is 13.1. The van der Waals surface area contributed by atoms with Gasteiger partial charge in [-0.2, -0.15) is 0 Å². The number of benzene rings is 1. The van der Waals surface area contributed by atoms with Crippen molar-refractivity contribution in [2.75, 3.05) is 19.6 Å². The van der Waals surface area contributed by atoms with Gasteiger partial charge in [-0.05, 0) is 23.6 Å². The van der Waals surface area contributed by atoms with Crippen LogP contribution in [0.25, 0.3) is 0 Å². The summed E-state index contributed by atoms with van der Waals surface area (Å²) in [6, 6.07) is 5.52. The SMILES string of the molecule is CCC(C)C1CN(Cc2ccc(F)cc2Br)CCN1. The second-order valence-corrected chi connectivity index (χ2v) is 6.27. The van der Waals surface area contributed by atoms with Gasteiger partial charge in [0.25, 0.3) is 0 Å². The third-order valence-corrected chi connectivity index (χ3v) is 4.77. The average Bonchev–Trinajstić information content (AvgIpc) is 2.41. The first kappa shape index (κ1) is 14.9. The highest BCUT2D eigenvalue weighted by Gasteiger charge is 2.23. The summed E-state index contributed by atoms with van der Waals surface area (Å²) in [4.78, 5) is 2.45.